The number of nitrogens with one attached hydrogen (secondary N) is 1. The number of nitrogens with zero attached hydrogens (tertiary/aromatic N) is 1. The molecule has 4 rings (SSSR count). The van der Waals surface area contributed by atoms with E-state index < -0.39 is 39.9 Å². The lowest BCUT2D eigenvalue weighted by Crippen LogP contribution is -2.08. The van der Waals surface area contributed by atoms with Crippen molar-refractivity contribution in [2.45, 2.75) is 19.0 Å². The Hall–Kier alpha value is -3.37. The Kier molecular flexibility index (Phi) is 6.85. The van der Waals surface area contributed by atoms with Crippen LogP contribution in [0.15, 0.2) is 60.7 Å². The van der Waals surface area contributed by atoms with Crippen LogP contribution in [0.3, 0.4) is 0 Å². The highest BCUT2D eigenvalue weighted by Gasteiger charge is 2.39. The number of hydrogen-bond acceptors (Lipinski definition) is 3. The first-order valence-electron chi connectivity index (χ1n) is 10.1. The van der Waals surface area contributed by atoms with Gasteiger partial charge in [0.15, 0.2) is 0 Å². The summed E-state index contributed by atoms with van der Waals surface area (Å²) in [7, 11) is 0. The Morgan fingerprint density at radius 1 is 0.833 bits per heavy atom. The summed E-state index contributed by atoms with van der Waals surface area (Å²) in [5.74, 6) is -0.250. The fourth-order valence-electron chi connectivity index (χ4n) is 3.45. The van der Waals surface area contributed by atoms with Gasteiger partial charge in [0.1, 0.15) is 29.5 Å². The molecule has 3 aromatic carbocycles. The van der Waals surface area contributed by atoms with E-state index in [1.807, 2.05) is 5.10 Å². The van der Waals surface area contributed by atoms with Gasteiger partial charge in [0.05, 0.1) is 5.56 Å². The summed E-state index contributed by atoms with van der Waals surface area (Å²) in [4.78, 5) is 0. The SMILES string of the molecule is Oc1cc(OCc2ccc(Cl)cc2)ccc1-c1n[nH]c(C(F)(F)F)c1-c1ccc(C(F)(F)F)cc1Cl. The Labute approximate surface area is 210 Å². The first-order valence-corrected chi connectivity index (χ1v) is 10.8. The van der Waals surface area contributed by atoms with E-state index in [0.717, 1.165) is 11.6 Å². The Morgan fingerprint density at radius 2 is 1.50 bits per heavy atom. The lowest BCUT2D eigenvalue weighted by molar-refractivity contribution is -0.140. The van der Waals surface area contributed by atoms with E-state index in [1.165, 1.54) is 18.2 Å². The molecule has 0 aliphatic carbocycles. The molecular formula is C24H14Cl2F6N2O2. The summed E-state index contributed by atoms with van der Waals surface area (Å²) in [5.41, 5.74) is -3.10. The number of hydrogen-bond donors (Lipinski definition) is 2. The highest BCUT2D eigenvalue weighted by Crippen LogP contribution is 2.46. The van der Waals surface area contributed by atoms with Gasteiger partial charge in [-0.2, -0.15) is 31.4 Å². The van der Waals surface area contributed by atoms with Crippen LogP contribution in [-0.2, 0) is 19.0 Å². The molecule has 4 nitrogen and oxygen atoms in total. The number of rotatable bonds is 5. The maximum Gasteiger partial charge on any atom is 0.433 e. The molecular weight excluding hydrogens is 533 g/mol. The van der Waals surface area contributed by atoms with E-state index in [9.17, 15) is 31.4 Å². The van der Waals surface area contributed by atoms with Crippen LogP contribution in [-0.4, -0.2) is 15.3 Å². The first kappa shape index (κ1) is 25.7. The number of ether oxygens (including phenoxy) is 1. The molecule has 0 aliphatic heterocycles. The Bertz CT molecular complexity index is 1400. The monoisotopic (exact) mass is 546 g/mol. The van der Waals surface area contributed by atoms with Crippen molar-refractivity contribution in [3.05, 3.63) is 87.5 Å². The maximum atomic E-state index is 13.7. The van der Waals surface area contributed by atoms with Crippen LogP contribution in [0, 0.1) is 0 Å². The van der Waals surface area contributed by atoms with Crippen molar-refractivity contribution in [1.29, 1.82) is 0 Å². The van der Waals surface area contributed by atoms with Gasteiger partial charge in [-0.15, -0.1) is 0 Å². The molecule has 0 unspecified atom stereocenters. The Balaban J connectivity index is 1.73. The molecule has 0 radical (unpaired) electrons. The summed E-state index contributed by atoms with van der Waals surface area (Å²) in [6.07, 6.45) is -9.68. The van der Waals surface area contributed by atoms with Gasteiger partial charge in [0.2, 0.25) is 0 Å². The molecule has 0 bridgehead atoms. The number of phenols is 1. The van der Waals surface area contributed by atoms with Crippen molar-refractivity contribution in [1.82, 2.24) is 10.2 Å². The zero-order chi connectivity index (χ0) is 26.3. The predicted octanol–water partition coefficient (Wildman–Crippen LogP) is 8.37. The molecule has 188 valence electrons. The molecule has 0 atom stereocenters. The van der Waals surface area contributed by atoms with Gasteiger partial charge in [-0.05, 0) is 42.0 Å². The fraction of sp³-hybridized carbons (Fsp3) is 0.125. The first-order chi connectivity index (χ1) is 16.8. The van der Waals surface area contributed by atoms with E-state index >= 15 is 0 Å². The van der Waals surface area contributed by atoms with Crippen molar-refractivity contribution in [3.8, 4) is 33.9 Å². The van der Waals surface area contributed by atoms with Crippen LogP contribution in [0.4, 0.5) is 26.3 Å². The molecule has 1 aromatic heterocycles. The van der Waals surface area contributed by atoms with Crippen LogP contribution < -0.4 is 4.74 Å². The van der Waals surface area contributed by atoms with E-state index in [4.69, 9.17) is 27.9 Å². The smallest absolute Gasteiger partial charge is 0.433 e. The highest BCUT2D eigenvalue weighted by atomic mass is 35.5. The minimum absolute atomic E-state index is 0.119. The standard InChI is InChI=1S/C24H14Cl2F6N2O2/c25-14-4-1-12(2-5-14)11-36-15-6-8-17(19(35)10-15)21-20(22(34-33-21)24(30,31)32)16-7-3-13(9-18(16)26)23(27,28)29/h1-10,35H,11H2,(H,33,34). The van der Waals surface area contributed by atoms with Crippen molar-refractivity contribution in [2.24, 2.45) is 0 Å². The summed E-state index contributed by atoms with van der Waals surface area (Å²) < 4.78 is 85.9. The molecule has 0 saturated carbocycles. The summed E-state index contributed by atoms with van der Waals surface area (Å²) >= 11 is 11.8. The van der Waals surface area contributed by atoms with Gasteiger partial charge in [0, 0.05) is 32.8 Å². The fourth-order valence-corrected chi connectivity index (χ4v) is 3.85. The predicted molar refractivity (Wildman–Crippen MR) is 122 cm³/mol. The molecule has 2 N–H and O–H groups in total. The minimum Gasteiger partial charge on any atom is -0.507 e. The van der Waals surface area contributed by atoms with Gasteiger partial charge in [-0.3, -0.25) is 5.10 Å². The quantitative estimate of drug-likeness (QED) is 0.247. The largest absolute Gasteiger partial charge is 0.507 e. The average molecular weight is 547 g/mol. The molecule has 0 saturated heterocycles. The number of aromatic hydroxyl groups is 1. The number of aromatic amines is 1. The molecule has 1 heterocycles. The van der Waals surface area contributed by atoms with Crippen LogP contribution >= 0.6 is 23.2 Å². The van der Waals surface area contributed by atoms with Crippen molar-refractivity contribution in [3.63, 3.8) is 0 Å². The molecule has 0 amide bonds. The van der Waals surface area contributed by atoms with Gasteiger partial charge < -0.3 is 9.84 Å². The number of H-pyrrole nitrogens is 1. The van der Waals surface area contributed by atoms with Crippen molar-refractivity contribution in [2.75, 3.05) is 0 Å². The number of benzene rings is 3. The second-order valence-electron chi connectivity index (χ2n) is 7.61. The summed E-state index contributed by atoms with van der Waals surface area (Å²) in [5, 5.41) is 16.1. The minimum atomic E-state index is -4.94. The van der Waals surface area contributed by atoms with Crippen LogP contribution in [0.5, 0.6) is 11.5 Å². The molecule has 36 heavy (non-hydrogen) atoms. The Morgan fingerprint density at radius 3 is 2.08 bits per heavy atom. The zero-order valence-electron chi connectivity index (χ0n) is 17.8. The molecule has 0 aliphatic rings. The second-order valence-corrected chi connectivity index (χ2v) is 8.45. The van der Waals surface area contributed by atoms with E-state index in [1.54, 1.807) is 24.3 Å². The highest BCUT2D eigenvalue weighted by molar-refractivity contribution is 6.33. The zero-order valence-corrected chi connectivity index (χ0v) is 19.3. The van der Waals surface area contributed by atoms with E-state index in [2.05, 4.69) is 5.10 Å². The number of alkyl halides is 6. The van der Waals surface area contributed by atoms with Gasteiger partial charge in [-0.25, -0.2) is 0 Å². The third kappa shape index (κ3) is 5.39. The van der Waals surface area contributed by atoms with Gasteiger partial charge in [-0.1, -0.05) is 41.4 Å². The third-order valence-electron chi connectivity index (χ3n) is 5.16. The van der Waals surface area contributed by atoms with Crippen molar-refractivity contribution < 1.29 is 36.2 Å². The normalized spacial score (nSPS) is 12.1. The third-order valence-corrected chi connectivity index (χ3v) is 5.72. The second kappa shape index (κ2) is 9.59. The number of phenolic OH excluding ortho intramolecular Hbond substituents is 1. The van der Waals surface area contributed by atoms with E-state index in [0.29, 0.717) is 17.2 Å². The summed E-state index contributed by atoms with van der Waals surface area (Å²) in [6, 6.07) is 12.7. The summed E-state index contributed by atoms with van der Waals surface area (Å²) in [6.45, 7) is 0.128. The maximum absolute atomic E-state index is 13.7. The molecule has 0 spiro atoms. The number of halogens is 8. The molecule has 4 aromatic rings. The molecule has 0 fully saturated rings. The molecule has 12 heteroatoms. The number of aromatic nitrogens is 2. The van der Waals surface area contributed by atoms with Crippen LogP contribution in [0.2, 0.25) is 10.0 Å². The van der Waals surface area contributed by atoms with Crippen molar-refractivity contribution >= 4 is 23.2 Å². The lowest BCUT2D eigenvalue weighted by Gasteiger charge is -2.14. The van der Waals surface area contributed by atoms with Crippen LogP contribution in [0.25, 0.3) is 22.4 Å². The lowest BCUT2D eigenvalue weighted by atomic mass is 9.97. The van der Waals surface area contributed by atoms with Gasteiger partial charge in [0.25, 0.3) is 0 Å². The topological polar surface area (TPSA) is 58.1 Å². The van der Waals surface area contributed by atoms with Crippen LogP contribution in [0.1, 0.15) is 16.8 Å². The van der Waals surface area contributed by atoms with E-state index in [-0.39, 0.29) is 29.2 Å². The van der Waals surface area contributed by atoms with Gasteiger partial charge >= 0.3 is 12.4 Å². The average Bonchev–Trinajstić information content (AvgIpc) is 3.23.